The molecule has 3 heteroatoms. The Hall–Kier alpha value is 0.650. The second-order valence-corrected chi connectivity index (χ2v) is 4.65. The molecule has 1 rings (SSSR count). The highest BCUT2D eigenvalue weighted by Gasteiger charge is 2.21. The van der Waals surface area contributed by atoms with Gasteiger partial charge in [-0.2, -0.15) is 0 Å². The lowest BCUT2D eigenvalue weighted by Crippen LogP contribution is -2.43. The Labute approximate surface area is 63.9 Å². The van der Waals surface area contributed by atoms with Crippen molar-refractivity contribution in [3.05, 3.63) is 0 Å². The summed E-state index contributed by atoms with van der Waals surface area (Å²) in [7, 11) is 2.23. The topological polar surface area (TPSA) is 9.23 Å². The highest BCUT2D eigenvalue weighted by molar-refractivity contribution is 14.1. The number of ether oxygens (including phenoxy) is 1. The van der Waals surface area contributed by atoms with E-state index in [1.807, 2.05) is 0 Å². The van der Waals surface area contributed by atoms with Gasteiger partial charge in [-0.1, -0.05) is 0 Å². The van der Waals surface area contributed by atoms with Gasteiger partial charge in [0.05, 0.1) is 20.3 Å². The normalized spacial score (nSPS) is 27.8. The number of hydrogen-bond acceptors (Lipinski definition) is 1. The Morgan fingerprint density at radius 3 is 2.12 bits per heavy atom. The molecule has 1 aliphatic heterocycles. The van der Waals surface area contributed by atoms with E-state index in [9.17, 15) is 0 Å². The zero-order valence-electron chi connectivity index (χ0n) is 5.06. The van der Waals surface area contributed by atoms with Crippen LogP contribution in [0.2, 0.25) is 0 Å². The first-order valence-corrected chi connectivity index (χ1v) is 3.79. The van der Waals surface area contributed by atoms with Crippen molar-refractivity contribution in [3.8, 4) is 0 Å². The molecule has 48 valence electrons. The summed E-state index contributed by atoms with van der Waals surface area (Å²) in [5.74, 6) is 0. The van der Waals surface area contributed by atoms with Crippen molar-refractivity contribution < 1.29 is 7.43 Å². The third kappa shape index (κ3) is 1.87. The van der Waals surface area contributed by atoms with Crippen LogP contribution in [0.25, 0.3) is 0 Å². The molecule has 0 radical (unpaired) electrons. The van der Waals surface area contributed by atoms with Gasteiger partial charge in [0.15, 0.2) is 0 Å². The molecule has 0 aliphatic carbocycles. The van der Waals surface area contributed by atoms with E-state index in [0.29, 0.717) is 0 Å². The molecule has 1 fully saturated rings. The van der Waals surface area contributed by atoms with Crippen LogP contribution in [-0.2, 0) is 4.74 Å². The molecule has 0 N–H and O–H groups in total. The molecule has 0 saturated carbocycles. The van der Waals surface area contributed by atoms with Gasteiger partial charge >= 0.3 is 0 Å². The Kier molecular flexibility index (Phi) is 2.11. The number of likely N-dealkylation sites (N-methyl/N-ethyl adjacent to an activating group) is 1. The molecule has 1 heterocycles. The predicted molar refractivity (Wildman–Crippen MR) is 40.8 cm³/mol. The van der Waals surface area contributed by atoms with Crippen LogP contribution in [-0.4, -0.2) is 36.0 Å². The highest BCUT2D eigenvalue weighted by atomic mass is 127. The molecule has 1 aliphatic rings. The van der Waals surface area contributed by atoms with Crippen molar-refractivity contribution in [3.63, 3.8) is 0 Å². The van der Waals surface area contributed by atoms with Crippen LogP contribution in [0.1, 0.15) is 0 Å². The van der Waals surface area contributed by atoms with Crippen LogP contribution in [0.15, 0.2) is 0 Å². The molecular weight excluding hydrogens is 217 g/mol. The first kappa shape index (κ1) is 6.77. The van der Waals surface area contributed by atoms with Gasteiger partial charge in [0.2, 0.25) is 22.9 Å². The molecule has 1 saturated heterocycles. The summed E-state index contributed by atoms with van der Waals surface area (Å²) in [6.07, 6.45) is 0. The van der Waals surface area contributed by atoms with Gasteiger partial charge in [0.25, 0.3) is 0 Å². The lowest BCUT2D eigenvalue weighted by molar-refractivity contribution is -0.742. The van der Waals surface area contributed by atoms with Crippen LogP contribution >= 0.6 is 22.9 Å². The van der Waals surface area contributed by atoms with Crippen molar-refractivity contribution in [2.45, 2.75) is 0 Å². The number of halogens is 1. The third-order valence-corrected chi connectivity index (χ3v) is 2.37. The summed E-state index contributed by atoms with van der Waals surface area (Å²) in [5.41, 5.74) is 0. The second-order valence-electron chi connectivity index (χ2n) is 2.32. The molecule has 0 aromatic rings. The van der Waals surface area contributed by atoms with E-state index < -0.39 is 0 Å². The number of rotatable bonds is 0. The zero-order valence-corrected chi connectivity index (χ0v) is 7.22. The maximum absolute atomic E-state index is 5.18. The summed E-state index contributed by atoms with van der Waals surface area (Å²) in [6.45, 7) is 4.17. The number of morpholine rings is 1. The smallest absolute Gasteiger partial charge is 0.248 e. The van der Waals surface area contributed by atoms with Crippen LogP contribution in [0, 0.1) is 0 Å². The summed E-state index contributed by atoms with van der Waals surface area (Å²) >= 11 is 2.45. The Bertz CT molecular complexity index is 76.5. The van der Waals surface area contributed by atoms with Gasteiger partial charge in [0, 0.05) is 0 Å². The van der Waals surface area contributed by atoms with Gasteiger partial charge in [-0.05, 0) is 0 Å². The fraction of sp³-hybridized carbons (Fsp3) is 1.00. The average Bonchev–Trinajstić information content (AvgIpc) is 1.65. The molecule has 0 atom stereocenters. The summed E-state index contributed by atoms with van der Waals surface area (Å²) in [5, 5.41) is 0. The minimum absolute atomic E-state index is 0.930. The first-order chi connectivity index (χ1) is 3.71. The zero-order chi connectivity index (χ0) is 6.04. The standard InChI is InChI=1S/C5H11INO/c1-7(6)2-4-8-5-3-7/h2-5H2,1H3/q+1. The minimum Gasteiger partial charge on any atom is -0.370 e. The van der Waals surface area contributed by atoms with Crippen molar-refractivity contribution in [1.29, 1.82) is 0 Å². The van der Waals surface area contributed by atoms with Crippen LogP contribution in [0.5, 0.6) is 0 Å². The van der Waals surface area contributed by atoms with E-state index >= 15 is 0 Å². The fourth-order valence-electron chi connectivity index (χ4n) is 0.724. The quantitative estimate of drug-likeness (QED) is 0.440. The van der Waals surface area contributed by atoms with E-state index in [1.54, 1.807) is 0 Å². The summed E-state index contributed by atoms with van der Waals surface area (Å²) < 4.78 is 6.28. The van der Waals surface area contributed by atoms with E-state index in [1.165, 1.54) is 0 Å². The molecular formula is C5H11INO+. The molecule has 0 unspecified atom stereocenters. The number of hydrogen-bond donors (Lipinski definition) is 0. The van der Waals surface area contributed by atoms with Gasteiger partial charge in [-0.25, -0.2) is 0 Å². The van der Waals surface area contributed by atoms with Crippen LogP contribution in [0.3, 0.4) is 0 Å². The second kappa shape index (κ2) is 2.49. The molecule has 0 aromatic carbocycles. The first-order valence-electron chi connectivity index (χ1n) is 2.83. The molecule has 0 bridgehead atoms. The highest BCUT2D eigenvalue weighted by Crippen LogP contribution is 2.13. The van der Waals surface area contributed by atoms with Gasteiger partial charge in [-0.3, -0.25) is 2.70 Å². The SMILES string of the molecule is C[N+]1(I)CCOCC1. The molecule has 8 heavy (non-hydrogen) atoms. The van der Waals surface area contributed by atoms with Crippen LogP contribution in [0.4, 0.5) is 0 Å². The molecule has 0 aromatic heterocycles. The predicted octanol–water partition coefficient (Wildman–Crippen LogP) is 0.813. The maximum atomic E-state index is 5.18. The van der Waals surface area contributed by atoms with E-state index in [0.717, 1.165) is 29.0 Å². The van der Waals surface area contributed by atoms with E-state index in [2.05, 4.69) is 29.9 Å². The fourth-order valence-corrected chi connectivity index (χ4v) is 1.12. The summed E-state index contributed by atoms with van der Waals surface area (Å²) in [4.78, 5) is 0. The molecule has 0 amide bonds. The minimum atomic E-state index is 0.930. The van der Waals surface area contributed by atoms with Crippen LogP contribution < -0.4 is 0 Å². The van der Waals surface area contributed by atoms with E-state index in [-0.39, 0.29) is 0 Å². The van der Waals surface area contributed by atoms with Crippen molar-refractivity contribution in [2.24, 2.45) is 0 Å². The van der Waals surface area contributed by atoms with Crippen molar-refractivity contribution in [1.82, 2.24) is 0 Å². The third-order valence-electron chi connectivity index (χ3n) is 1.40. The Balaban J connectivity index is 2.33. The van der Waals surface area contributed by atoms with Crippen molar-refractivity contribution in [2.75, 3.05) is 33.4 Å². The molecule has 0 spiro atoms. The van der Waals surface area contributed by atoms with Gasteiger partial charge in [-0.15, -0.1) is 0 Å². The lowest BCUT2D eigenvalue weighted by atomic mass is 10.5. The Morgan fingerprint density at radius 1 is 1.38 bits per heavy atom. The largest absolute Gasteiger partial charge is 0.370 e. The Morgan fingerprint density at radius 2 is 1.88 bits per heavy atom. The van der Waals surface area contributed by atoms with Gasteiger partial charge < -0.3 is 4.74 Å². The number of nitrogens with zero attached hydrogens (tertiary/aromatic N) is 1. The average molecular weight is 228 g/mol. The monoisotopic (exact) mass is 228 g/mol. The maximum Gasteiger partial charge on any atom is 0.248 e. The number of quaternary nitrogens is 1. The van der Waals surface area contributed by atoms with Gasteiger partial charge in [0.1, 0.15) is 13.1 Å². The lowest BCUT2D eigenvalue weighted by Gasteiger charge is -2.29. The summed E-state index contributed by atoms with van der Waals surface area (Å²) in [6, 6.07) is 0. The molecule has 2 nitrogen and oxygen atoms in total. The van der Waals surface area contributed by atoms with E-state index in [4.69, 9.17) is 4.74 Å². The van der Waals surface area contributed by atoms with Crippen molar-refractivity contribution >= 4 is 22.9 Å².